The number of hydrogen-bond acceptors (Lipinski definition) is 7. The van der Waals surface area contributed by atoms with Gasteiger partial charge in [0, 0.05) is 5.75 Å². The molecule has 0 atom stereocenters. The van der Waals surface area contributed by atoms with Gasteiger partial charge in [0.2, 0.25) is 6.79 Å². The highest BCUT2D eigenvalue weighted by atomic mass is 32.2. The lowest BCUT2D eigenvalue weighted by Crippen LogP contribution is -2.07. The van der Waals surface area contributed by atoms with Crippen LogP contribution in [0.1, 0.15) is 18.1 Å². The van der Waals surface area contributed by atoms with Crippen molar-refractivity contribution in [2.45, 2.75) is 20.1 Å². The molecule has 8 heteroatoms. The van der Waals surface area contributed by atoms with Crippen LogP contribution >= 0.6 is 19.6 Å². The molecule has 0 radical (unpaired) electrons. The van der Waals surface area contributed by atoms with Crippen molar-refractivity contribution in [3.63, 3.8) is 0 Å². The Morgan fingerprint density at radius 2 is 1.38 bits per heavy atom. The molecule has 0 spiro atoms. The number of phosphoric ester groups is 1. The van der Waals surface area contributed by atoms with Gasteiger partial charge < -0.3 is 4.74 Å². The topological polar surface area (TPSA) is 71.1 Å². The molecule has 0 bridgehead atoms. The van der Waals surface area contributed by atoms with E-state index in [0.717, 1.165) is 22.9 Å². The molecule has 0 aliphatic heterocycles. The van der Waals surface area contributed by atoms with Gasteiger partial charge in [-0.1, -0.05) is 67.6 Å². The van der Waals surface area contributed by atoms with E-state index in [1.165, 1.54) is 0 Å². The summed E-state index contributed by atoms with van der Waals surface area (Å²) in [6, 6.07) is 18.5. The van der Waals surface area contributed by atoms with Gasteiger partial charge in [0.1, 0.15) is 0 Å². The zero-order chi connectivity index (χ0) is 18.7. The molecule has 0 aliphatic rings. The van der Waals surface area contributed by atoms with Gasteiger partial charge in [-0.15, -0.1) is 0 Å². The van der Waals surface area contributed by atoms with Crippen molar-refractivity contribution >= 4 is 24.9 Å². The summed E-state index contributed by atoms with van der Waals surface area (Å²) in [4.78, 5) is 11.4. The van der Waals surface area contributed by atoms with E-state index in [9.17, 15) is 9.36 Å². The van der Waals surface area contributed by atoms with E-state index in [-0.39, 0.29) is 13.2 Å². The Balaban J connectivity index is 1.94. The first-order chi connectivity index (χ1) is 12.6. The number of carbonyl (C=O) groups excluding carboxylic acids is 1. The molecule has 0 amide bonds. The van der Waals surface area contributed by atoms with Gasteiger partial charge in [-0.2, -0.15) is 0 Å². The molecule has 0 fully saturated rings. The summed E-state index contributed by atoms with van der Waals surface area (Å²) in [5, 5.41) is -0.509. The van der Waals surface area contributed by atoms with E-state index in [1.807, 2.05) is 67.6 Å². The number of hydrogen-bond donors (Lipinski definition) is 0. The van der Waals surface area contributed by atoms with Crippen molar-refractivity contribution in [1.29, 1.82) is 0 Å². The van der Waals surface area contributed by atoms with E-state index in [0.29, 0.717) is 5.75 Å². The smallest absolute Gasteiger partial charge is 0.430 e. The largest absolute Gasteiger partial charge is 0.478 e. The van der Waals surface area contributed by atoms with E-state index in [4.69, 9.17) is 18.3 Å². The highest BCUT2D eigenvalue weighted by molar-refractivity contribution is 8.13. The number of rotatable bonds is 10. The van der Waals surface area contributed by atoms with Gasteiger partial charge in [-0.05, 0) is 22.9 Å². The molecule has 2 aromatic carbocycles. The Bertz CT molecular complexity index is 663. The summed E-state index contributed by atoms with van der Waals surface area (Å²) in [6.07, 6.45) is 0. The number of thioether (sulfide) groups is 1. The SMILES string of the molecule is CCSC(=O)OCOP(=O)(OCc1ccccc1)OCc1ccccc1. The number of carbonyl (C=O) groups is 1. The standard InChI is InChI=1S/C18H21O6PS/c1-2-26-18(19)21-15-24-25(20,22-13-16-9-5-3-6-10-16)23-14-17-11-7-4-8-12-17/h3-12H,2,13-15H2,1H3. The summed E-state index contributed by atoms with van der Waals surface area (Å²) in [5.41, 5.74) is 1.64. The molecule has 2 aromatic rings. The van der Waals surface area contributed by atoms with Crippen LogP contribution in [-0.2, 0) is 36.1 Å². The molecular weight excluding hydrogens is 375 g/mol. The van der Waals surface area contributed by atoms with Crippen molar-refractivity contribution in [3.05, 3.63) is 71.8 Å². The second-order valence-electron chi connectivity index (χ2n) is 5.04. The zero-order valence-electron chi connectivity index (χ0n) is 14.4. The van der Waals surface area contributed by atoms with Crippen LogP contribution in [-0.4, -0.2) is 17.8 Å². The third kappa shape index (κ3) is 7.72. The first-order valence-electron chi connectivity index (χ1n) is 8.02. The Morgan fingerprint density at radius 1 is 0.885 bits per heavy atom. The van der Waals surface area contributed by atoms with Gasteiger partial charge in [-0.25, -0.2) is 13.9 Å². The summed E-state index contributed by atoms with van der Waals surface area (Å²) in [6.45, 7) is 1.41. The Hall–Kier alpha value is -1.63. The summed E-state index contributed by atoms with van der Waals surface area (Å²) in [7, 11) is -3.91. The van der Waals surface area contributed by atoms with Gasteiger partial charge >= 0.3 is 13.1 Å². The second-order valence-corrected chi connectivity index (χ2v) is 7.91. The minimum Gasteiger partial charge on any atom is -0.430 e. The monoisotopic (exact) mass is 396 g/mol. The minimum atomic E-state index is -3.91. The van der Waals surface area contributed by atoms with Crippen molar-refractivity contribution in [3.8, 4) is 0 Å². The van der Waals surface area contributed by atoms with Crippen molar-refractivity contribution in [2.24, 2.45) is 0 Å². The lowest BCUT2D eigenvalue weighted by molar-refractivity contribution is 0.0267. The third-order valence-corrected chi connectivity index (χ3v) is 5.07. The Labute approximate surface area is 157 Å². The van der Waals surface area contributed by atoms with Crippen molar-refractivity contribution in [1.82, 2.24) is 0 Å². The van der Waals surface area contributed by atoms with Crippen LogP contribution in [0.25, 0.3) is 0 Å². The van der Waals surface area contributed by atoms with E-state index >= 15 is 0 Å². The van der Waals surface area contributed by atoms with Crippen LogP contribution in [0.3, 0.4) is 0 Å². The quantitative estimate of drug-likeness (QED) is 0.303. The lowest BCUT2D eigenvalue weighted by Gasteiger charge is -2.18. The van der Waals surface area contributed by atoms with Crippen LogP contribution < -0.4 is 0 Å². The maximum absolute atomic E-state index is 12.8. The van der Waals surface area contributed by atoms with Gasteiger partial charge in [0.05, 0.1) is 13.2 Å². The summed E-state index contributed by atoms with van der Waals surface area (Å²) in [5.74, 6) is 0.575. The Kier molecular flexibility index (Phi) is 8.88. The van der Waals surface area contributed by atoms with Crippen LogP contribution in [0.15, 0.2) is 60.7 Å². The Morgan fingerprint density at radius 3 is 1.85 bits per heavy atom. The predicted molar refractivity (Wildman–Crippen MR) is 101 cm³/mol. The number of benzene rings is 2. The zero-order valence-corrected chi connectivity index (χ0v) is 16.1. The fraction of sp³-hybridized carbons (Fsp3) is 0.278. The molecule has 0 N–H and O–H groups in total. The number of ether oxygens (including phenoxy) is 1. The maximum atomic E-state index is 12.8. The molecule has 0 unspecified atom stereocenters. The molecule has 0 aliphatic carbocycles. The molecule has 0 saturated carbocycles. The lowest BCUT2D eigenvalue weighted by atomic mass is 10.2. The molecule has 0 aromatic heterocycles. The third-order valence-electron chi connectivity index (χ3n) is 3.11. The van der Waals surface area contributed by atoms with Crippen LogP contribution in [0.5, 0.6) is 0 Å². The maximum Gasteiger partial charge on any atom is 0.478 e. The average Bonchev–Trinajstić information content (AvgIpc) is 2.67. The normalized spacial score (nSPS) is 11.3. The molecule has 0 saturated heterocycles. The molecular formula is C18H21O6PS. The van der Waals surface area contributed by atoms with Gasteiger partial charge in [0.15, 0.2) is 0 Å². The average molecular weight is 396 g/mol. The van der Waals surface area contributed by atoms with Gasteiger partial charge in [0.25, 0.3) is 0 Å². The van der Waals surface area contributed by atoms with E-state index < -0.39 is 19.9 Å². The molecule has 140 valence electrons. The van der Waals surface area contributed by atoms with Crippen molar-refractivity contribution in [2.75, 3.05) is 12.5 Å². The minimum absolute atomic E-state index is 0.0462. The fourth-order valence-corrected chi connectivity index (χ4v) is 3.25. The second kappa shape index (κ2) is 11.2. The van der Waals surface area contributed by atoms with Crippen LogP contribution in [0, 0.1) is 0 Å². The molecule has 26 heavy (non-hydrogen) atoms. The van der Waals surface area contributed by atoms with Crippen LogP contribution in [0.4, 0.5) is 4.79 Å². The summed E-state index contributed by atoms with van der Waals surface area (Å²) >= 11 is 0.990. The first-order valence-corrected chi connectivity index (χ1v) is 10.5. The molecule has 6 nitrogen and oxygen atoms in total. The van der Waals surface area contributed by atoms with E-state index in [2.05, 4.69) is 0 Å². The highest BCUT2D eigenvalue weighted by Crippen LogP contribution is 2.50. The highest BCUT2D eigenvalue weighted by Gasteiger charge is 2.28. The van der Waals surface area contributed by atoms with Gasteiger partial charge in [-0.3, -0.25) is 9.05 Å². The molecule has 0 heterocycles. The van der Waals surface area contributed by atoms with E-state index in [1.54, 1.807) is 0 Å². The number of phosphoric acid groups is 1. The fourth-order valence-electron chi connectivity index (χ4n) is 1.87. The van der Waals surface area contributed by atoms with Crippen molar-refractivity contribution < 1.29 is 27.7 Å². The first kappa shape index (κ1) is 20.7. The van der Waals surface area contributed by atoms with Crippen LogP contribution in [0.2, 0.25) is 0 Å². The molecule has 2 rings (SSSR count). The predicted octanol–water partition coefficient (Wildman–Crippen LogP) is 5.39. The summed E-state index contributed by atoms with van der Waals surface area (Å²) < 4.78 is 33.6.